The molecule has 4 bridgehead atoms. The van der Waals surface area contributed by atoms with E-state index in [9.17, 15) is 9.90 Å². The molecular weight excluding hydrogens is 336 g/mol. The summed E-state index contributed by atoms with van der Waals surface area (Å²) in [7, 11) is 0. The highest BCUT2D eigenvalue weighted by Gasteiger charge is 2.51. The smallest absolute Gasteiger partial charge is 0.223 e. The zero-order valence-electron chi connectivity index (χ0n) is 16.3. The molecule has 4 saturated carbocycles. The van der Waals surface area contributed by atoms with Crippen LogP contribution in [-0.4, -0.2) is 47.0 Å². The number of phenolic OH excluding ortho intramolecular Hbond substituents is 1. The number of amides is 1. The van der Waals surface area contributed by atoms with Crippen LogP contribution in [0.25, 0.3) is 0 Å². The molecule has 1 amide bonds. The Balaban J connectivity index is 1.15. The summed E-state index contributed by atoms with van der Waals surface area (Å²) in [5, 5.41) is 9.63. The van der Waals surface area contributed by atoms with E-state index in [-0.39, 0.29) is 0 Å². The molecule has 0 radical (unpaired) electrons. The van der Waals surface area contributed by atoms with Crippen LogP contribution in [-0.2, 0) is 11.3 Å². The Morgan fingerprint density at radius 3 is 2.22 bits per heavy atom. The lowest BCUT2D eigenvalue weighted by atomic mass is 9.49. The number of benzene rings is 1. The van der Waals surface area contributed by atoms with Crippen LogP contribution in [0.5, 0.6) is 5.75 Å². The average Bonchev–Trinajstić information content (AvgIpc) is 2.61. The van der Waals surface area contributed by atoms with Gasteiger partial charge in [-0.2, -0.15) is 0 Å². The van der Waals surface area contributed by atoms with Crippen molar-refractivity contribution in [2.75, 3.05) is 26.2 Å². The molecule has 1 aliphatic heterocycles. The van der Waals surface area contributed by atoms with E-state index >= 15 is 0 Å². The minimum Gasteiger partial charge on any atom is -0.508 e. The van der Waals surface area contributed by atoms with Crippen molar-refractivity contribution < 1.29 is 9.90 Å². The normalized spacial score (nSPS) is 35.6. The molecule has 1 aromatic carbocycles. The largest absolute Gasteiger partial charge is 0.508 e. The predicted octanol–water partition coefficient (Wildman–Crippen LogP) is 3.64. The van der Waals surface area contributed by atoms with Gasteiger partial charge in [0.15, 0.2) is 0 Å². The molecule has 5 fully saturated rings. The lowest BCUT2D eigenvalue weighted by Crippen LogP contribution is -2.52. The van der Waals surface area contributed by atoms with E-state index < -0.39 is 0 Å². The third-order valence-electron chi connectivity index (χ3n) is 7.73. The molecule has 1 heterocycles. The van der Waals surface area contributed by atoms with Crippen molar-refractivity contribution in [3.63, 3.8) is 0 Å². The molecule has 0 spiro atoms. The molecule has 6 rings (SSSR count). The minimum atomic E-state index is 0.330. The summed E-state index contributed by atoms with van der Waals surface area (Å²) in [6.45, 7) is 4.42. The summed E-state index contributed by atoms with van der Waals surface area (Å²) >= 11 is 0. The Morgan fingerprint density at radius 2 is 1.63 bits per heavy atom. The first kappa shape index (κ1) is 17.5. The monoisotopic (exact) mass is 368 g/mol. The number of piperazine rings is 1. The van der Waals surface area contributed by atoms with Gasteiger partial charge in [-0.3, -0.25) is 9.69 Å². The molecule has 0 unspecified atom stereocenters. The van der Waals surface area contributed by atoms with Gasteiger partial charge in [0, 0.05) is 39.1 Å². The van der Waals surface area contributed by atoms with Crippen LogP contribution >= 0.6 is 0 Å². The summed E-state index contributed by atoms with van der Waals surface area (Å²) < 4.78 is 0. The second-order valence-corrected chi connectivity index (χ2v) is 9.92. The molecule has 1 N–H and O–H groups in total. The fourth-order valence-electron chi connectivity index (χ4n) is 7.01. The third-order valence-corrected chi connectivity index (χ3v) is 7.73. The average molecular weight is 369 g/mol. The summed E-state index contributed by atoms with van der Waals surface area (Å²) in [6, 6.07) is 7.51. The molecule has 0 aromatic heterocycles. The summed E-state index contributed by atoms with van der Waals surface area (Å²) in [6.07, 6.45) is 9.11. The lowest BCUT2D eigenvalue weighted by Gasteiger charge is -2.57. The summed E-state index contributed by atoms with van der Waals surface area (Å²) in [4.78, 5) is 17.6. The number of carbonyl (C=O) groups is 1. The Hall–Kier alpha value is -1.55. The van der Waals surface area contributed by atoms with Crippen molar-refractivity contribution in [1.29, 1.82) is 0 Å². The highest BCUT2D eigenvalue weighted by atomic mass is 16.3. The fourth-order valence-corrected chi connectivity index (χ4v) is 7.01. The summed E-state index contributed by atoms with van der Waals surface area (Å²) in [5.74, 6) is 3.50. The quantitative estimate of drug-likeness (QED) is 0.882. The first-order chi connectivity index (χ1) is 13.1. The number of hydrogen-bond acceptors (Lipinski definition) is 3. The van der Waals surface area contributed by atoms with Crippen LogP contribution in [0.1, 0.15) is 50.5 Å². The highest BCUT2D eigenvalue weighted by molar-refractivity contribution is 5.77. The standard InChI is InChI=1S/C23H32N2O2/c26-21-3-1-2-17(11-21)16-24-4-6-25(7-5-24)22(27)15-23-12-18-8-19(13-23)10-20(9-18)14-23/h1-3,11,18-20,26H,4-10,12-16H2. The second kappa shape index (κ2) is 6.80. The van der Waals surface area contributed by atoms with Gasteiger partial charge >= 0.3 is 0 Å². The molecule has 0 atom stereocenters. The van der Waals surface area contributed by atoms with E-state index in [1.165, 1.54) is 38.5 Å². The number of nitrogens with zero attached hydrogens (tertiary/aromatic N) is 2. The fraction of sp³-hybridized carbons (Fsp3) is 0.696. The topological polar surface area (TPSA) is 43.8 Å². The SMILES string of the molecule is O=C(CC12CC3CC(CC(C3)C1)C2)N1CCN(Cc2cccc(O)c2)CC1. The highest BCUT2D eigenvalue weighted by Crippen LogP contribution is 2.61. The van der Waals surface area contributed by atoms with E-state index in [0.717, 1.165) is 62.5 Å². The summed E-state index contributed by atoms with van der Waals surface area (Å²) in [5.41, 5.74) is 1.49. The van der Waals surface area contributed by atoms with E-state index in [1.807, 2.05) is 12.1 Å². The molecule has 5 aliphatic rings. The van der Waals surface area contributed by atoms with Gasteiger partial charge in [0.05, 0.1) is 0 Å². The Labute approximate surface area is 162 Å². The Kier molecular flexibility index (Phi) is 4.42. The zero-order chi connectivity index (χ0) is 18.4. The molecular formula is C23H32N2O2. The minimum absolute atomic E-state index is 0.330. The van der Waals surface area contributed by atoms with E-state index in [0.29, 0.717) is 17.1 Å². The Bertz CT molecular complexity index is 673. The second-order valence-electron chi connectivity index (χ2n) is 9.92. The van der Waals surface area contributed by atoms with Crippen LogP contribution < -0.4 is 0 Å². The molecule has 4 nitrogen and oxygen atoms in total. The van der Waals surface area contributed by atoms with Crippen LogP contribution in [0.2, 0.25) is 0 Å². The van der Waals surface area contributed by atoms with Gasteiger partial charge < -0.3 is 10.0 Å². The van der Waals surface area contributed by atoms with Gasteiger partial charge in [0.25, 0.3) is 0 Å². The maximum absolute atomic E-state index is 13.1. The Morgan fingerprint density at radius 1 is 1.00 bits per heavy atom. The van der Waals surface area contributed by atoms with Crippen molar-refractivity contribution in [3.8, 4) is 5.75 Å². The molecule has 146 valence electrons. The van der Waals surface area contributed by atoms with Crippen molar-refractivity contribution in [3.05, 3.63) is 29.8 Å². The molecule has 1 saturated heterocycles. The molecule has 4 aliphatic carbocycles. The van der Waals surface area contributed by atoms with Gasteiger partial charge in [-0.05, 0) is 79.4 Å². The van der Waals surface area contributed by atoms with Gasteiger partial charge in [-0.15, -0.1) is 0 Å². The number of hydrogen-bond donors (Lipinski definition) is 1. The number of carbonyl (C=O) groups excluding carboxylic acids is 1. The first-order valence-corrected chi connectivity index (χ1v) is 10.8. The van der Waals surface area contributed by atoms with Gasteiger partial charge in [-0.25, -0.2) is 0 Å². The van der Waals surface area contributed by atoms with Crippen molar-refractivity contribution in [2.24, 2.45) is 23.2 Å². The van der Waals surface area contributed by atoms with E-state index in [4.69, 9.17) is 0 Å². The zero-order valence-corrected chi connectivity index (χ0v) is 16.3. The number of rotatable bonds is 4. The van der Waals surface area contributed by atoms with Crippen LogP contribution in [0, 0.1) is 23.2 Å². The van der Waals surface area contributed by atoms with Crippen molar-refractivity contribution >= 4 is 5.91 Å². The molecule has 4 heteroatoms. The molecule has 27 heavy (non-hydrogen) atoms. The van der Waals surface area contributed by atoms with E-state index in [2.05, 4.69) is 15.9 Å². The van der Waals surface area contributed by atoms with Crippen molar-refractivity contribution in [1.82, 2.24) is 9.80 Å². The van der Waals surface area contributed by atoms with Crippen LogP contribution in [0.15, 0.2) is 24.3 Å². The van der Waals surface area contributed by atoms with E-state index in [1.54, 1.807) is 6.07 Å². The maximum atomic E-state index is 13.1. The third kappa shape index (κ3) is 3.61. The molecule has 1 aromatic rings. The predicted molar refractivity (Wildman–Crippen MR) is 105 cm³/mol. The lowest BCUT2D eigenvalue weighted by molar-refractivity contribution is -0.141. The number of phenols is 1. The van der Waals surface area contributed by atoms with Gasteiger partial charge in [0.2, 0.25) is 5.91 Å². The maximum Gasteiger partial charge on any atom is 0.223 e. The van der Waals surface area contributed by atoms with Gasteiger partial charge in [0.1, 0.15) is 5.75 Å². The van der Waals surface area contributed by atoms with Crippen molar-refractivity contribution in [2.45, 2.75) is 51.5 Å². The van der Waals surface area contributed by atoms with Crippen LogP contribution in [0.3, 0.4) is 0 Å². The van der Waals surface area contributed by atoms with Gasteiger partial charge in [-0.1, -0.05) is 12.1 Å². The number of aromatic hydroxyl groups is 1. The first-order valence-electron chi connectivity index (χ1n) is 10.8. The van der Waals surface area contributed by atoms with Crippen LogP contribution in [0.4, 0.5) is 0 Å².